The summed E-state index contributed by atoms with van der Waals surface area (Å²) in [6.45, 7) is 3.72. The summed E-state index contributed by atoms with van der Waals surface area (Å²) in [7, 11) is 2.81. The maximum Gasteiger partial charge on any atom is 0.317 e. The van der Waals surface area contributed by atoms with Crippen LogP contribution in [0.3, 0.4) is 0 Å². The summed E-state index contributed by atoms with van der Waals surface area (Å²) in [5, 5.41) is 0. The number of carbonyl (C=O) groups is 2. The average molecular weight is 212 g/mol. The number of ketones is 1. The lowest BCUT2D eigenvalue weighted by molar-refractivity contribution is -0.153. The molecule has 1 atom stereocenters. The van der Waals surface area contributed by atoms with Crippen LogP contribution in [-0.2, 0) is 19.1 Å². The second-order valence-corrected chi connectivity index (χ2v) is 4.34. The second-order valence-electron chi connectivity index (χ2n) is 4.34. The van der Waals surface area contributed by atoms with E-state index in [9.17, 15) is 9.59 Å². The second kappa shape index (κ2) is 4.04. The predicted molar refractivity (Wildman–Crippen MR) is 54.0 cm³/mol. The monoisotopic (exact) mass is 212 g/mol. The maximum absolute atomic E-state index is 11.7. The van der Waals surface area contributed by atoms with Gasteiger partial charge in [-0.15, -0.1) is 0 Å². The lowest BCUT2D eigenvalue weighted by atomic mass is 9.70. The summed E-state index contributed by atoms with van der Waals surface area (Å²) < 4.78 is 9.68. The first-order valence-corrected chi connectivity index (χ1v) is 4.78. The van der Waals surface area contributed by atoms with E-state index in [4.69, 9.17) is 4.74 Å². The Balaban J connectivity index is 3.03. The Hall–Kier alpha value is -1.32. The summed E-state index contributed by atoms with van der Waals surface area (Å²) in [6, 6.07) is 0. The highest BCUT2D eigenvalue weighted by Crippen LogP contribution is 2.39. The Morgan fingerprint density at radius 2 is 2.07 bits per heavy atom. The van der Waals surface area contributed by atoms with Crippen molar-refractivity contribution in [3.63, 3.8) is 0 Å². The molecule has 4 nitrogen and oxygen atoms in total. The van der Waals surface area contributed by atoms with Gasteiger partial charge in [-0.25, -0.2) is 0 Å². The molecule has 4 heteroatoms. The fraction of sp³-hybridized carbons (Fsp3) is 0.636. The van der Waals surface area contributed by atoms with Gasteiger partial charge in [0, 0.05) is 12.5 Å². The molecular weight excluding hydrogens is 196 g/mol. The molecule has 0 aromatic heterocycles. The fourth-order valence-electron chi connectivity index (χ4n) is 1.91. The van der Waals surface area contributed by atoms with E-state index in [1.165, 1.54) is 20.3 Å². The number of carbonyl (C=O) groups excluding carboxylic acids is 2. The molecule has 0 saturated heterocycles. The van der Waals surface area contributed by atoms with Gasteiger partial charge < -0.3 is 9.47 Å². The number of rotatable bonds is 2. The molecule has 0 fully saturated rings. The van der Waals surface area contributed by atoms with Crippen molar-refractivity contribution in [3.05, 3.63) is 11.8 Å². The molecule has 0 saturated carbocycles. The highest BCUT2D eigenvalue weighted by Gasteiger charge is 2.44. The van der Waals surface area contributed by atoms with E-state index in [0.29, 0.717) is 12.2 Å². The van der Waals surface area contributed by atoms with Gasteiger partial charge in [0.15, 0.2) is 5.78 Å². The highest BCUT2D eigenvalue weighted by atomic mass is 16.5. The van der Waals surface area contributed by atoms with Crippen molar-refractivity contribution in [1.29, 1.82) is 0 Å². The molecule has 1 aliphatic carbocycles. The molecular formula is C11H16O4. The first kappa shape index (κ1) is 11.8. The van der Waals surface area contributed by atoms with Crippen molar-refractivity contribution in [2.75, 3.05) is 14.2 Å². The topological polar surface area (TPSA) is 52.6 Å². The predicted octanol–water partition coefficient (Wildman–Crippen LogP) is 1.30. The number of hydrogen-bond donors (Lipinski definition) is 0. The minimum atomic E-state index is -0.721. The third-order valence-electron chi connectivity index (χ3n) is 2.70. The van der Waals surface area contributed by atoms with Gasteiger partial charge in [-0.3, -0.25) is 9.59 Å². The Kier molecular flexibility index (Phi) is 3.17. The Bertz CT molecular complexity index is 315. The van der Waals surface area contributed by atoms with E-state index in [1.807, 2.05) is 13.8 Å². The quantitative estimate of drug-likeness (QED) is 0.511. The molecule has 0 aromatic carbocycles. The Labute approximate surface area is 89.2 Å². The molecule has 84 valence electrons. The van der Waals surface area contributed by atoms with Crippen molar-refractivity contribution in [1.82, 2.24) is 0 Å². The Morgan fingerprint density at radius 3 is 2.47 bits per heavy atom. The van der Waals surface area contributed by atoms with Crippen molar-refractivity contribution in [2.24, 2.45) is 11.3 Å². The molecule has 0 N–H and O–H groups in total. The lowest BCUT2D eigenvalue weighted by Crippen LogP contribution is -2.40. The van der Waals surface area contributed by atoms with E-state index in [1.54, 1.807) is 0 Å². The van der Waals surface area contributed by atoms with Crippen molar-refractivity contribution in [2.45, 2.75) is 20.3 Å². The van der Waals surface area contributed by atoms with Gasteiger partial charge >= 0.3 is 5.97 Å². The molecule has 1 rings (SSSR count). The fourth-order valence-corrected chi connectivity index (χ4v) is 1.91. The van der Waals surface area contributed by atoms with Crippen LogP contribution in [0, 0.1) is 11.3 Å². The zero-order valence-corrected chi connectivity index (χ0v) is 9.49. The summed E-state index contributed by atoms with van der Waals surface area (Å²) in [5.74, 6) is -0.821. The molecule has 1 aliphatic rings. The number of hydrogen-bond acceptors (Lipinski definition) is 4. The molecule has 15 heavy (non-hydrogen) atoms. The smallest absolute Gasteiger partial charge is 0.317 e. The Morgan fingerprint density at radius 1 is 1.47 bits per heavy atom. The number of allylic oxidation sites excluding steroid dienone is 2. The van der Waals surface area contributed by atoms with Gasteiger partial charge in [0.2, 0.25) is 0 Å². The van der Waals surface area contributed by atoms with Crippen molar-refractivity contribution >= 4 is 11.8 Å². The van der Waals surface area contributed by atoms with Crippen LogP contribution in [-0.4, -0.2) is 26.0 Å². The van der Waals surface area contributed by atoms with Crippen LogP contribution in [0.2, 0.25) is 0 Å². The maximum atomic E-state index is 11.7. The summed E-state index contributed by atoms with van der Waals surface area (Å²) in [6.07, 6.45) is 1.95. The molecule has 0 aliphatic heterocycles. The van der Waals surface area contributed by atoms with Gasteiger partial charge in [-0.2, -0.15) is 0 Å². The zero-order chi connectivity index (χ0) is 11.6. The summed E-state index contributed by atoms with van der Waals surface area (Å²) >= 11 is 0. The van der Waals surface area contributed by atoms with Crippen LogP contribution in [0.5, 0.6) is 0 Å². The molecule has 0 amide bonds. The first-order chi connectivity index (χ1) is 6.92. The lowest BCUT2D eigenvalue weighted by Gasteiger charge is -2.34. The van der Waals surface area contributed by atoms with Crippen LogP contribution in [0.4, 0.5) is 0 Å². The zero-order valence-electron chi connectivity index (χ0n) is 9.49. The van der Waals surface area contributed by atoms with Crippen LogP contribution in [0.25, 0.3) is 0 Å². The molecule has 0 radical (unpaired) electrons. The highest BCUT2D eigenvalue weighted by molar-refractivity contribution is 6.06. The van der Waals surface area contributed by atoms with Crippen LogP contribution in [0.15, 0.2) is 11.8 Å². The third-order valence-corrected chi connectivity index (χ3v) is 2.70. The van der Waals surface area contributed by atoms with E-state index >= 15 is 0 Å². The standard InChI is InChI=1S/C11H16O4/c1-11(2)6-7(14-3)5-8(12)9(11)10(13)15-4/h5,9H,6H2,1-4H3. The van der Waals surface area contributed by atoms with E-state index in [2.05, 4.69) is 4.74 Å². The average Bonchev–Trinajstić information content (AvgIpc) is 2.14. The van der Waals surface area contributed by atoms with Crippen LogP contribution in [0.1, 0.15) is 20.3 Å². The largest absolute Gasteiger partial charge is 0.501 e. The molecule has 0 aromatic rings. The van der Waals surface area contributed by atoms with Crippen molar-refractivity contribution in [3.8, 4) is 0 Å². The van der Waals surface area contributed by atoms with Crippen molar-refractivity contribution < 1.29 is 19.1 Å². The van der Waals surface area contributed by atoms with Gasteiger partial charge in [0.25, 0.3) is 0 Å². The van der Waals surface area contributed by atoms with Gasteiger partial charge in [0.1, 0.15) is 5.92 Å². The van der Waals surface area contributed by atoms with E-state index in [-0.39, 0.29) is 5.78 Å². The van der Waals surface area contributed by atoms with E-state index < -0.39 is 17.3 Å². The van der Waals surface area contributed by atoms with Gasteiger partial charge in [0.05, 0.1) is 20.0 Å². The first-order valence-electron chi connectivity index (χ1n) is 4.78. The van der Waals surface area contributed by atoms with Gasteiger partial charge in [-0.05, 0) is 5.41 Å². The van der Waals surface area contributed by atoms with E-state index in [0.717, 1.165) is 0 Å². The number of ether oxygens (including phenoxy) is 2. The SMILES string of the molecule is COC(=O)C1C(=O)C=C(OC)CC1(C)C. The summed E-state index contributed by atoms with van der Waals surface area (Å²) in [5.41, 5.74) is -0.454. The number of esters is 1. The molecule has 0 spiro atoms. The number of methoxy groups -OCH3 is 2. The van der Waals surface area contributed by atoms with Crippen LogP contribution >= 0.6 is 0 Å². The molecule has 0 heterocycles. The minimum Gasteiger partial charge on any atom is -0.501 e. The van der Waals surface area contributed by atoms with Crippen LogP contribution < -0.4 is 0 Å². The third kappa shape index (κ3) is 2.19. The molecule has 0 bridgehead atoms. The van der Waals surface area contributed by atoms with Gasteiger partial charge in [-0.1, -0.05) is 13.8 Å². The minimum absolute atomic E-state index is 0.241. The molecule has 1 unspecified atom stereocenters. The normalized spacial score (nSPS) is 24.4. The summed E-state index contributed by atoms with van der Waals surface area (Å²) in [4.78, 5) is 23.2.